The fraction of sp³-hybridized carbons (Fsp3) is 1.00. The van der Waals surface area contributed by atoms with Crippen LogP contribution in [-0.2, 0) is 4.74 Å². The first-order valence-electron chi connectivity index (χ1n) is 6.12. The van der Waals surface area contributed by atoms with Crippen molar-refractivity contribution >= 4 is 0 Å². The van der Waals surface area contributed by atoms with Gasteiger partial charge in [0.05, 0.1) is 0 Å². The van der Waals surface area contributed by atoms with Gasteiger partial charge in [0.2, 0.25) is 0 Å². The van der Waals surface area contributed by atoms with Crippen LogP contribution in [-0.4, -0.2) is 58.0 Å². The van der Waals surface area contributed by atoms with Crippen LogP contribution in [0.3, 0.4) is 0 Å². The summed E-state index contributed by atoms with van der Waals surface area (Å²) < 4.78 is 39.8. The lowest BCUT2D eigenvalue weighted by Crippen LogP contribution is -2.38. The molecule has 0 saturated carbocycles. The van der Waals surface area contributed by atoms with Crippen LogP contribution in [0, 0.1) is 5.41 Å². The second kappa shape index (κ2) is 7.96. The van der Waals surface area contributed by atoms with Crippen LogP contribution < -0.4 is 5.32 Å². The molecule has 0 unspecified atom stereocenters. The highest BCUT2D eigenvalue weighted by Crippen LogP contribution is 2.15. The van der Waals surface area contributed by atoms with Crippen LogP contribution in [0.25, 0.3) is 0 Å². The number of halogens is 3. The quantitative estimate of drug-likeness (QED) is 0.650. The minimum Gasteiger partial charge on any atom is -0.372 e. The topological polar surface area (TPSA) is 24.5 Å². The van der Waals surface area contributed by atoms with E-state index in [-0.39, 0.29) is 12.0 Å². The summed E-state index contributed by atoms with van der Waals surface area (Å²) in [6.45, 7) is 5.77. The zero-order valence-corrected chi connectivity index (χ0v) is 11.7. The van der Waals surface area contributed by atoms with Gasteiger partial charge in [0, 0.05) is 19.7 Å². The maximum absolute atomic E-state index is 11.8. The molecule has 0 radical (unpaired) electrons. The van der Waals surface area contributed by atoms with Crippen molar-refractivity contribution in [2.24, 2.45) is 5.41 Å². The van der Waals surface area contributed by atoms with E-state index in [9.17, 15) is 13.2 Å². The van der Waals surface area contributed by atoms with Gasteiger partial charge in [-0.1, -0.05) is 13.8 Å². The first kappa shape index (κ1) is 17.7. The number of hydrogen-bond donors (Lipinski definition) is 1. The molecular weight excluding hydrogens is 245 g/mol. The van der Waals surface area contributed by atoms with Crippen molar-refractivity contribution in [1.29, 1.82) is 0 Å². The van der Waals surface area contributed by atoms with E-state index >= 15 is 0 Å². The maximum atomic E-state index is 11.8. The third-order valence-corrected chi connectivity index (χ3v) is 2.26. The highest BCUT2D eigenvalue weighted by Gasteiger charge is 2.27. The zero-order chi connectivity index (χ0) is 14.2. The lowest BCUT2D eigenvalue weighted by Gasteiger charge is -2.28. The molecule has 110 valence electrons. The molecule has 0 saturated heterocycles. The summed E-state index contributed by atoms with van der Waals surface area (Å²) >= 11 is 0. The Hall–Kier alpha value is -0.330. The van der Waals surface area contributed by atoms with Crippen LogP contribution in [0.15, 0.2) is 0 Å². The first-order valence-corrected chi connectivity index (χ1v) is 6.12. The number of nitrogens with one attached hydrogen (secondary N) is 1. The van der Waals surface area contributed by atoms with Gasteiger partial charge >= 0.3 is 6.18 Å². The number of alkyl halides is 3. The van der Waals surface area contributed by atoms with E-state index in [0.29, 0.717) is 13.0 Å². The van der Waals surface area contributed by atoms with Crippen molar-refractivity contribution in [3.63, 3.8) is 0 Å². The number of rotatable bonds is 9. The largest absolute Gasteiger partial charge is 0.411 e. The van der Waals surface area contributed by atoms with Crippen molar-refractivity contribution in [2.45, 2.75) is 26.4 Å². The molecule has 0 aromatic carbocycles. The molecule has 0 aromatic heterocycles. The Morgan fingerprint density at radius 1 is 1.17 bits per heavy atom. The van der Waals surface area contributed by atoms with Gasteiger partial charge in [-0.15, -0.1) is 0 Å². The van der Waals surface area contributed by atoms with Gasteiger partial charge in [0.15, 0.2) is 0 Å². The molecule has 0 amide bonds. The van der Waals surface area contributed by atoms with Gasteiger partial charge in [-0.3, -0.25) is 0 Å². The maximum Gasteiger partial charge on any atom is 0.411 e. The molecule has 0 aromatic rings. The molecule has 0 aliphatic heterocycles. The van der Waals surface area contributed by atoms with Crippen molar-refractivity contribution in [3.8, 4) is 0 Å². The Balaban J connectivity index is 3.45. The second-order valence-corrected chi connectivity index (χ2v) is 5.60. The van der Waals surface area contributed by atoms with E-state index in [2.05, 4.69) is 28.8 Å². The third-order valence-electron chi connectivity index (χ3n) is 2.26. The summed E-state index contributed by atoms with van der Waals surface area (Å²) in [5, 5.41) is 3.24. The van der Waals surface area contributed by atoms with Crippen LogP contribution in [0.1, 0.15) is 20.3 Å². The summed E-state index contributed by atoms with van der Waals surface area (Å²) in [7, 11) is 4.04. The molecule has 0 bridgehead atoms. The lowest BCUT2D eigenvalue weighted by atomic mass is 9.93. The van der Waals surface area contributed by atoms with Crippen LogP contribution in [0.4, 0.5) is 13.2 Å². The molecule has 6 heteroatoms. The lowest BCUT2D eigenvalue weighted by molar-refractivity contribution is -0.173. The summed E-state index contributed by atoms with van der Waals surface area (Å²) in [5.41, 5.74) is 0.149. The molecule has 0 heterocycles. The van der Waals surface area contributed by atoms with E-state index < -0.39 is 12.8 Å². The van der Waals surface area contributed by atoms with Crippen LogP contribution >= 0.6 is 0 Å². The molecule has 0 aliphatic rings. The molecule has 0 rings (SSSR count). The minimum atomic E-state index is -4.22. The molecule has 3 nitrogen and oxygen atoms in total. The average Bonchev–Trinajstić information content (AvgIpc) is 2.12. The second-order valence-electron chi connectivity index (χ2n) is 5.60. The van der Waals surface area contributed by atoms with Gasteiger partial charge < -0.3 is 15.0 Å². The van der Waals surface area contributed by atoms with E-state index in [1.54, 1.807) is 0 Å². The van der Waals surface area contributed by atoms with Gasteiger partial charge in [0.1, 0.15) is 6.61 Å². The highest BCUT2D eigenvalue weighted by atomic mass is 19.4. The van der Waals surface area contributed by atoms with E-state index in [0.717, 1.165) is 13.1 Å². The Morgan fingerprint density at radius 2 is 1.78 bits per heavy atom. The Morgan fingerprint density at radius 3 is 2.28 bits per heavy atom. The standard InChI is InChI=1S/C12H25F3N2O/c1-11(2,9-17(3)4)8-16-6-5-7-18-10-12(13,14)15/h16H,5-10H2,1-4H3. The van der Waals surface area contributed by atoms with Gasteiger partial charge in [-0.25, -0.2) is 0 Å². The number of hydrogen-bond acceptors (Lipinski definition) is 3. The zero-order valence-electron chi connectivity index (χ0n) is 11.7. The normalized spacial score (nSPS) is 13.3. The number of nitrogens with zero attached hydrogens (tertiary/aromatic N) is 1. The van der Waals surface area contributed by atoms with E-state index in [1.807, 2.05) is 14.1 Å². The van der Waals surface area contributed by atoms with E-state index in [1.165, 1.54) is 0 Å². The Kier molecular flexibility index (Phi) is 7.82. The predicted molar refractivity (Wildman–Crippen MR) is 66.7 cm³/mol. The molecule has 0 atom stereocenters. The van der Waals surface area contributed by atoms with Gasteiger partial charge in [-0.2, -0.15) is 13.2 Å². The molecular formula is C12H25F3N2O. The summed E-state index contributed by atoms with van der Waals surface area (Å²) in [5.74, 6) is 0. The Labute approximate surface area is 108 Å². The monoisotopic (exact) mass is 270 g/mol. The third kappa shape index (κ3) is 12.1. The Bertz CT molecular complexity index is 218. The van der Waals surface area contributed by atoms with Crippen LogP contribution in [0.2, 0.25) is 0 Å². The van der Waals surface area contributed by atoms with Crippen molar-refractivity contribution in [3.05, 3.63) is 0 Å². The van der Waals surface area contributed by atoms with Gasteiger partial charge in [-0.05, 0) is 32.5 Å². The summed E-state index contributed by atoms with van der Waals surface area (Å²) in [4.78, 5) is 2.12. The smallest absolute Gasteiger partial charge is 0.372 e. The fourth-order valence-electron chi connectivity index (χ4n) is 1.83. The average molecular weight is 270 g/mol. The molecule has 0 spiro atoms. The van der Waals surface area contributed by atoms with Crippen molar-refractivity contribution < 1.29 is 17.9 Å². The van der Waals surface area contributed by atoms with E-state index in [4.69, 9.17) is 0 Å². The first-order chi connectivity index (χ1) is 8.12. The number of ether oxygens (including phenoxy) is 1. The summed E-state index contributed by atoms with van der Waals surface area (Å²) in [6.07, 6.45) is -3.63. The molecule has 1 N–H and O–H groups in total. The van der Waals surface area contributed by atoms with Crippen molar-refractivity contribution in [2.75, 3.05) is 46.9 Å². The van der Waals surface area contributed by atoms with Crippen LogP contribution in [0.5, 0.6) is 0 Å². The predicted octanol–water partition coefficient (Wildman–Crippen LogP) is 2.13. The van der Waals surface area contributed by atoms with Gasteiger partial charge in [0.25, 0.3) is 0 Å². The van der Waals surface area contributed by atoms with Crippen molar-refractivity contribution in [1.82, 2.24) is 10.2 Å². The highest BCUT2D eigenvalue weighted by molar-refractivity contribution is 4.73. The summed E-state index contributed by atoms with van der Waals surface area (Å²) in [6, 6.07) is 0. The molecule has 18 heavy (non-hydrogen) atoms. The molecule has 0 fully saturated rings. The fourth-order valence-corrected chi connectivity index (χ4v) is 1.83. The minimum absolute atomic E-state index is 0.140. The molecule has 0 aliphatic carbocycles. The SMILES string of the molecule is CN(C)CC(C)(C)CNCCCOCC(F)(F)F.